The van der Waals surface area contributed by atoms with Crippen molar-refractivity contribution in [1.82, 2.24) is 0 Å². The Kier molecular flexibility index (Phi) is 3.97. The van der Waals surface area contributed by atoms with Gasteiger partial charge >= 0.3 is 0 Å². The lowest BCUT2D eigenvalue weighted by Gasteiger charge is -2.17. The van der Waals surface area contributed by atoms with Crippen LogP contribution in [0, 0.1) is 0 Å². The Labute approximate surface area is 207 Å². The predicted octanol–water partition coefficient (Wildman–Crippen LogP) is 9.97. The number of hydrogen-bond donors (Lipinski definition) is 0. The lowest BCUT2D eigenvalue weighted by Crippen LogP contribution is -1.90. The first-order chi connectivity index (χ1) is 17.9. The second-order valence-corrected chi connectivity index (χ2v) is 9.27. The van der Waals surface area contributed by atoms with E-state index in [9.17, 15) is 0 Å². The lowest BCUT2D eigenvalue weighted by atomic mass is 9.85. The van der Waals surface area contributed by atoms with Gasteiger partial charge in [-0.25, -0.2) is 0 Å². The van der Waals surface area contributed by atoms with Crippen molar-refractivity contribution >= 4 is 54.5 Å². The molecule has 2 aromatic heterocycles. The molecule has 0 saturated heterocycles. The van der Waals surface area contributed by atoms with E-state index in [-0.39, 0.29) is 0 Å². The molecule has 0 saturated carbocycles. The zero-order valence-electron chi connectivity index (χ0n) is 19.4. The van der Waals surface area contributed by atoms with Crippen LogP contribution in [0.5, 0.6) is 0 Å². The predicted molar refractivity (Wildman–Crippen MR) is 149 cm³/mol. The highest BCUT2D eigenvalue weighted by Gasteiger charge is 2.20. The Morgan fingerprint density at radius 3 is 1.72 bits per heavy atom. The van der Waals surface area contributed by atoms with Gasteiger partial charge in [-0.2, -0.15) is 0 Å². The molecule has 0 unspecified atom stereocenters. The Bertz CT molecular complexity index is 2030. The van der Waals surface area contributed by atoms with Crippen LogP contribution < -0.4 is 0 Å². The van der Waals surface area contributed by atoms with Crippen LogP contribution in [0.25, 0.3) is 76.7 Å². The van der Waals surface area contributed by atoms with Crippen molar-refractivity contribution in [3.8, 4) is 22.3 Å². The minimum Gasteiger partial charge on any atom is -0.460 e. The molecule has 0 aliphatic heterocycles. The molecule has 0 spiro atoms. The first-order valence-electron chi connectivity index (χ1n) is 12.2. The Morgan fingerprint density at radius 1 is 0.389 bits per heavy atom. The molecule has 0 N–H and O–H groups in total. The molecule has 0 aliphatic rings. The van der Waals surface area contributed by atoms with Crippen LogP contribution in [-0.4, -0.2) is 0 Å². The molecule has 6 aromatic carbocycles. The molecule has 8 rings (SSSR count). The molecular formula is C34H20O2. The molecular weight excluding hydrogens is 440 g/mol. The van der Waals surface area contributed by atoms with E-state index < -0.39 is 0 Å². The number of rotatable bonds is 2. The van der Waals surface area contributed by atoms with E-state index in [1.807, 2.05) is 6.07 Å². The summed E-state index contributed by atoms with van der Waals surface area (Å²) in [5.74, 6) is 0. The number of benzene rings is 6. The van der Waals surface area contributed by atoms with Crippen molar-refractivity contribution in [2.24, 2.45) is 0 Å². The number of furan rings is 2. The summed E-state index contributed by atoms with van der Waals surface area (Å²) in [4.78, 5) is 0. The first-order valence-corrected chi connectivity index (χ1v) is 12.2. The highest BCUT2D eigenvalue weighted by molar-refractivity contribution is 6.24. The van der Waals surface area contributed by atoms with E-state index in [0.29, 0.717) is 0 Å². The quantitative estimate of drug-likeness (QED) is 0.240. The van der Waals surface area contributed by atoms with Crippen LogP contribution in [0.3, 0.4) is 0 Å². The van der Waals surface area contributed by atoms with Crippen LogP contribution in [0.15, 0.2) is 130 Å². The van der Waals surface area contributed by atoms with Crippen LogP contribution in [0.2, 0.25) is 0 Å². The minimum atomic E-state index is 0.795. The van der Waals surface area contributed by atoms with Crippen molar-refractivity contribution in [3.05, 3.63) is 122 Å². The zero-order valence-corrected chi connectivity index (χ0v) is 19.4. The Hall–Kier alpha value is -4.82. The van der Waals surface area contributed by atoms with E-state index in [4.69, 9.17) is 8.83 Å². The summed E-state index contributed by atoms with van der Waals surface area (Å²) in [5.41, 5.74) is 7.26. The average Bonchev–Trinajstić information content (AvgIpc) is 3.57. The van der Waals surface area contributed by atoms with Crippen LogP contribution in [0.4, 0.5) is 0 Å². The standard InChI is InChI=1S/C34H20O2/c1-2-9-21(10-3-1)30-23-11-4-6-13-25(23)31(26-14-7-5-12-24(26)30)29-16-8-15-27-28-18-17-22-19-20-35-32(22)34(28)36-33(27)29/h1-20H. The van der Waals surface area contributed by atoms with Gasteiger partial charge in [-0.1, -0.05) is 103 Å². The number of hydrogen-bond acceptors (Lipinski definition) is 2. The molecule has 36 heavy (non-hydrogen) atoms. The molecule has 0 radical (unpaired) electrons. The summed E-state index contributed by atoms with van der Waals surface area (Å²) in [6.45, 7) is 0. The average molecular weight is 461 g/mol. The van der Waals surface area contributed by atoms with Crippen molar-refractivity contribution < 1.29 is 8.83 Å². The third-order valence-corrected chi connectivity index (χ3v) is 7.35. The van der Waals surface area contributed by atoms with Gasteiger partial charge in [-0.3, -0.25) is 0 Å². The van der Waals surface area contributed by atoms with Gasteiger partial charge in [-0.15, -0.1) is 0 Å². The fraction of sp³-hybridized carbons (Fsp3) is 0. The molecule has 2 nitrogen and oxygen atoms in total. The van der Waals surface area contributed by atoms with Gasteiger partial charge in [0.05, 0.1) is 6.26 Å². The Morgan fingerprint density at radius 2 is 1.00 bits per heavy atom. The van der Waals surface area contributed by atoms with Gasteiger partial charge in [0, 0.05) is 27.3 Å². The molecule has 0 amide bonds. The Balaban J connectivity index is 1.56. The van der Waals surface area contributed by atoms with Crippen molar-refractivity contribution in [2.45, 2.75) is 0 Å². The molecule has 8 aromatic rings. The molecule has 168 valence electrons. The monoisotopic (exact) mass is 460 g/mol. The maximum absolute atomic E-state index is 6.63. The topological polar surface area (TPSA) is 26.3 Å². The second-order valence-electron chi connectivity index (χ2n) is 9.27. The highest BCUT2D eigenvalue weighted by Crippen LogP contribution is 2.46. The van der Waals surface area contributed by atoms with E-state index in [1.165, 1.54) is 38.2 Å². The largest absolute Gasteiger partial charge is 0.460 e. The minimum absolute atomic E-state index is 0.795. The van der Waals surface area contributed by atoms with E-state index in [1.54, 1.807) is 6.26 Å². The highest BCUT2D eigenvalue weighted by atomic mass is 16.4. The zero-order chi connectivity index (χ0) is 23.6. The van der Waals surface area contributed by atoms with E-state index in [2.05, 4.69) is 109 Å². The molecule has 2 heterocycles. The molecule has 0 atom stereocenters. The molecule has 0 bridgehead atoms. The summed E-state index contributed by atoms with van der Waals surface area (Å²) in [6.07, 6.45) is 1.72. The van der Waals surface area contributed by atoms with Crippen LogP contribution >= 0.6 is 0 Å². The molecule has 2 heteroatoms. The summed E-state index contributed by atoms with van der Waals surface area (Å²) < 4.78 is 12.4. The second kappa shape index (κ2) is 7.34. The van der Waals surface area contributed by atoms with Gasteiger partial charge in [0.25, 0.3) is 0 Å². The third kappa shape index (κ3) is 2.61. The van der Waals surface area contributed by atoms with E-state index in [0.717, 1.165) is 38.5 Å². The summed E-state index contributed by atoms with van der Waals surface area (Å²) in [7, 11) is 0. The molecule has 0 aliphatic carbocycles. The molecule has 0 fully saturated rings. The number of fused-ring (bicyclic) bond motifs is 7. The normalized spacial score (nSPS) is 11.9. The van der Waals surface area contributed by atoms with Crippen LogP contribution in [-0.2, 0) is 0 Å². The van der Waals surface area contributed by atoms with Gasteiger partial charge < -0.3 is 8.83 Å². The maximum atomic E-state index is 6.63. The van der Waals surface area contributed by atoms with Gasteiger partial charge in [0.1, 0.15) is 5.58 Å². The van der Waals surface area contributed by atoms with Crippen molar-refractivity contribution in [2.75, 3.05) is 0 Å². The summed E-state index contributed by atoms with van der Waals surface area (Å²) in [6, 6.07) is 40.8. The third-order valence-electron chi connectivity index (χ3n) is 7.35. The first kappa shape index (κ1) is 19.5. The summed E-state index contributed by atoms with van der Waals surface area (Å²) in [5, 5.41) is 8.12. The lowest BCUT2D eigenvalue weighted by molar-refractivity contribution is 0.600. The van der Waals surface area contributed by atoms with E-state index >= 15 is 0 Å². The smallest absolute Gasteiger partial charge is 0.178 e. The van der Waals surface area contributed by atoms with Crippen LogP contribution in [0.1, 0.15) is 0 Å². The fourth-order valence-electron chi connectivity index (χ4n) is 5.81. The van der Waals surface area contributed by atoms with Gasteiger partial charge in [0.2, 0.25) is 0 Å². The van der Waals surface area contributed by atoms with Gasteiger partial charge in [-0.05, 0) is 44.8 Å². The number of para-hydroxylation sites is 1. The van der Waals surface area contributed by atoms with Crippen molar-refractivity contribution in [3.63, 3.8) is 0 Å². The SMILES string of the molecule is c1ccc(-c2c3ccccc3c(-c3cccc4c3oc3c4ccc4ccoc43)c3ccccc23)cc1. The van der Waals surface area contributed by atoms with Crippen molar-refractivity contribution in [1.29, 1.82) is 0 Å². The summed E-state index contributed by atoms with van der Waals surface area (Å²) >= 11 is 0. The maximum Gasteiger partial charge on any atom is 0.178 e. The fourth-order valence-corrected chi connectivity index (χ4v) is 5.81. The van der Waals surface area contributed by atoms with Gasteiger partial charge in [0.15, 0.2) is 11.2 Å².